The average Bonchev–Trinajstić information content (AvgIpc) is 2.51. The number of halogens is 3. The van der Waals surface area contributed by atoms with Crippen molar-refractivity contribution < 1.29 is 4.79 Å². The monoisotopic (exact) mass is 356 g/mol. The third kappa shape index (κ3) is 4.62. The van der Waals surface area contributed by atoms with E-state index in [0.29, 0.717) is 20.8 Å². The fraction of sp³-hybridized carbons (Fsp3) is 0.188. The molecule has 0 radical (unpaired) electrons. The Morgan fingerprint density at radius 3 is 2.36 bits per heavy atom. The molecule has 0 aliphatic rings. The summed E-state index contributed by atoms with van der Waals surface area (Å²) in [6, 6.07) is 13.0. The topological polar surface area (TPSA) is 41.1 Å². The molecule has 6 heteroatoms. The predicted octanol–water partition coefficient (Wildman–Crippen LogP) is 4.94. The van der Waals surface area contributed by atoms with E-state index < -0.39 is 0 Å². The second-order valence-electron chi connectivity index (χ2n) is 4.81. The largest absolute Gasteiger partial charge is 0.324 e. The molecule has 2 N–H and O–H groups in total. The van der Waals surface area contributed by atoms with E-state index in [2.05, 4.69) is 10.6 Å². The molecule has 2 rings (SSSR count). The van der Waals surface area contributed by atoms with Crippen LogP contribution in [0.4, 0.5) is 5.69 Å². The molecule has 1 atom stereocenters. The number of carbonyl (C=O) groups excluding carboxylic acids is 1. The number of amides is 1. The maximum Gasteiger partial charge on any atom is 0.238 e. The average molecular weight is 358 g/mol. The van der Waals surface area contributed by atoms with Crippen LogP contribution in [0, 0.1) is 0 Å². The zero-order chi connectivity index (χ0) is 16.1. The Hall–Kier alpha value is -1.26. The van der Waals surface area contributed by atoms with Gasteiger partial charge in [0, 0.05) is 6.04 Å². The summed E-state index contributed by atoms with van der Waals surface area (Å²) in [5, 5.41) is 6.89. The lowest BCUT2D eigenvalue weighted by Gasteiger charge is -2.14. The molecule has 0 heterocycles. The Bertz CT molecular complexity index is 662. The Morgan fingerprint density at radius 1 is 1.05 bits per heavy atom. The number of anilines is 1. The Morgan fingerprint density at radius 2 is 1.68 bits per heavy atom. The molecule has 0 spiro atoms. The van der Waals surface area contributed by atoms with Crippen molar-refractivity contribution in [3.05, 3.63) is 63.1 Å². The van der Waals surface area contributed by atoms with Crippen LogP contribution in [0.1, 0.15) is 18.5 Å². The van der Waals surface area contributed by atoms with Gasteiger partial charge in [-0.3, -0.25) is 4.79 Å². The quantitative estimate of drug-likeness (QED) is 0.744. The molecule has 1 amide bonds. The highest BCUT2D eigenvalue weighted by Crippen LogP contribution is 2.32. The first-order valence-electron chi connectivity index (χ1n) is 6.70. The van der Waals surface area contributed by atoms with Crippen LogP contribution >= 0.6 is 34.8 Å². The molecular weight excluding hydrogens is 343 g/mol. The van der Waals surface area contributed by atoms with Crippen LogP contribution in [0.15, 0.2) is 42.5 Å². The molecule has 0 aliphatic carbocycles. The molecule has 116 valence electrons. The fourth-order valence-corrected chi connectivity index (χ4v) is 2.51. The summed E-state index contributed by atoms with van der Waals surface area (Å²) < 4.78 is 0. The number of rotatable bonds is 5. The highest BCUT2D eigenvalue weighted by Gasteiger charge is 2.11. The molecule has 0 aliphatic heterocycles. The van der Waals surface area contributed by atoms with E-state index in [1.165, 1.54) is 12.1 Å². The highest BCUT2D eigenvalue weighted by molar-refractivity contribution is 6.44. The van der Waals surface area contributed by atoms with Gasteiger partial charge in [0.2, 0.25) is 5.91 Å². The second-order valence-corrected chi connectivity index (χ2v) is 6.03. The summed E-state index contributed by atoms with van der Waals surface area (Å²) in [5.74, 6) is -0.205. The van der Waals surface area contributed by atoms with Crippen LogP contribution in [-0.4, -0.2) is 12.5 Å². The number of carbonyl (C=O) groups is 1. The number of nitrogens with one attached hydrogen (secondary N) is 2. The highest BCUT2D eigenvalue weighted by atomic mass is 35.5. The lowest BCUT2D eigenvalue weighted by atomic mass is 10.1. The van der Waals surface area contributed by atoms with Gasteiger partial charge in [0.05, 0.1) is 27.3 Å². The molecule has 0 fully saturated rings. The van der Waals surface area contributed by atoms with E-state index in [1.807, 2.05) is 37.3 Å². The maximum absolute atomic E-state index is 12.0. The van der Waals surface area contributed by atoms with E-state index in [0.717, 1.165) is 5.56 Å². The minimum absolute atomic E-state index is 0.0660. The molecule has 0 saturated carbocycles. The van der Waals surface area contributed by atoms with E-state index in [1.54, 1.807) is 0 Å². The molecule has 2 aromatic carbocycles. The van der Waals surface area contributed by atoms with Gasteiger partial charge in [-0.2, -0.15) is 0 Å². The van der Waals surface area contributed by atoms with Crippen LogP contribution in [0.3, 0.4) is 0 Å². The lowest BCUT2D eigenvalue weighted by Crippen LogP contribution is -2.30. The molecule has 0 bridgehead atoms. The minimum Gasteiger partial charge on any atom is -0.324 e. The normalized spacial score (nSPS) is 12.0. The first-order chi connectivity index (χ1) is 10.5. The Balaban J connectivity index is 1.92. The van der Waals surface area contributed by atoms with Crippen LogP contribution < -0.4 is 10.6 Å². The van der Waals surface area contributed by atoms with E-state index in [-0.39, 0.29) is 18.5 Å². The third-order valence-electron chi connectivity index (χ3n) is 3.15. The zero-order valence-corrected chi connectivity index (χ0v) is 14.1. The second kappa shape index (κ2) is 7.84. The molecule has 3 nitrogen and oxygen atoms in total. The van der Waals surface area contributed by atoms with Gasteiger partial charge >= 0.3 is 0 Å². The number of benzene rings is 2. The van der Waals surface area contributed by atoms with Crippen molar-refractivity contribution in [3.8, 4) is 0 Å². The van der Waals surface area contributed by atoms with Gasteiger partial charge in [0.1, 0.15) is 0 Å². The van der Waals surface area contributed by atoms with Crippen LogP contribution in [-0.2, 0) is 4.79 Å². The molecule has 22 heavy (non-hydrogen) atoms. The summed E-state index contributed by atoms with van der Waals surface area (Å²) in [6.07, 6.45) is 0. The molecule has 2 aromatic rings. The van der Waals surface area contributed by atoms with Gasteiger partial charge in [-0.15, -0.1) is 0 Å². The molecule has 0 aromatic heterocycles. The van der Waals surface area contributed by atoms with Crippen LogP contribution in [0.5, 0.6) is 0 Å². The minimum atomic E-state index is -0.205. The van der Waals surface area contributed by atoms with Gasteiger partial charge in [0.15, 0.2) is 0 Å². The van der Waals surface area contributed by atoms with E-state index >= 15 is 0 Å². The van der Waals surface area contributed by atoms with Gasteiger partial charge in [-0.25, -0.2) is 0 Å². The van der Waals surface area contributed by atoms with Crippen molar-refractivity contribution in [2.24, 2.45) is 0 Å². The number of hydrogen-bond acceptors (Lipinski definition) is 2. The molecular formula is C16H15Cl3N2O. The standard InChI is InChI=1S/C16H15Cl3N2O/c1-10(11-5-3-2-4-6-11)20-9-16(22)21-15-8-13(18)12(17)7-14(15)19/h2-8,10,20H,9H2,1H3,(H,21,22)/t10-/m1/s1. The fourth-order valence-electron chi connectivity index (χ4n) is 1.92. The first kappa shape index (κ1) is 17.1. The first-order valence-corrected chi connectivity index (χ1v) is 7.83. The van der Waals surface area contributed by atoms with Crippen molar-refractivity contribution in [2.45, 2.75) is 13.0 Å². The predicted molar refractivity (Wildman–Crippen MR) is 93.0 cm³/mol. The zero-order valence-electron chi connectivity index (χ0n) is 11.9. The summed E-state index contributed by atoms with van der Waals surface area (Å²) >= 11 is 17.8. The van der Waals surface area contributed by atoms with Crippen molar-refractivity contribution >= 4 is 46.4 Å². The van der Waals surface area contributed by atoms with Crippen LogP contribution in [0.2, 0.25) is 15.1 Å². The molecule has 0 saturated heterocycles. The van der Waals surface area contributed by atoms with Crippen LogP contribution in [0.25, 0.3) is 0 Å². The van der Waals surface area contributed by atoms with Crippen molar-refractivity contribution in [2.75, 3.05) is 11.9 Å². The van der Waals surface area contributed by atoms with E-state index in [9.17, 15) is 4.79 Å². The summed E-state index contributed by atoms with van der Waals surface area (Å²) in [5.41, 5.74) is 1.55. The van der Waals surface area contributed by atoms with Gasteiger partial charge in [0.25, 0.3) is 0 Å². The van der Waals surface area contributed by atoms with E-state index in [4.69, 9.17) is 34.8 Å². The van der Waals surface area contributed by atoms with Crippen molar-refractivity contribution in [1.82, 2.24) is 5.32 Å². The van der Waals surface area contributed by atoms with Gasteiger partial charge in [-0.05, 0) is 24.6 Å². The summed E-state index contributed by atoms with van der Waals surface area (Å²) in [7, 11) is 0. The summed E-state index contributed by atoms with van der Waals surface area (Å²) in [6.45, 7) is 2.15. The maximum atomic E-state index is 12.0. The smallest absolute Gasteiger partial charge is 0.238 e. The molecule has 0 unspecified atom stereocenters. The van der Waals surface area contributed by atoms with Crippen molar-refractivity contribution in [3.63, 3.8) is 0 Å². The lowest BCUT2D eigenvalue weighted by molar-refractivity contribution is -0.115. The SMILES string of the molecule is C[C@@H](NCC(=O)Nc1cc(Cl)c(Cl)cc1Cl)c1ccccc1. The Labute approximate surface area is 144 Å². The summed E-state index contributed by atoms with van der Waals surface area (Å²) in [4.78, 5) is 12.0. The number of hydrogen-bond donors (Lipinski definition) is 2. The van der Waals surface area contributed by atoms with Gasteiger partial charge in [-0.1, -0.05) is 65.1 Å². The Kier molecular flexibility index (Phi) is 6.09. The van der Waals surface area contributed by atoms with Gasteiger partial charge < -0.3 is 10.6 Å². The van der Waals surface area contributed by atoms with Crippen molar-refractivity contribution in [1.29, 1.82) is 0 Å². The third-order valence-corrected chi connectivity index (χ3v) is 4.19.